The summed E-state index contributed by atoms with van der Waals surface area (Å²) in [5.41, 5.74) is 4.12. The van der Waals surface area contributed by atoms with Crippen molar-refractivity contribution in [2.75, 3.05) is 6.54 Å². The number of aryl methyl sites for hydroxylation is 2. The van der Waals surface area contributed by atoms with Crippen molar-refractivity contribution in [3.63, 3.8) is 0 Å². The van der Waals surface area contributed by atoms with Gasteiger partial charge in [0.05, 0.1) is 9.83 Å². The van der Waals surface area contributed by atoms with E-state index in [-0.39, 0.29) is 0 Å². The van der Waals surface area contributed by atoms with Crippen LogP contribution in [0.1, 0.15) is 47.9 Å². The van der Waals surface area contributed by atoms with Crippen molar-refractivity contribution in [1.29, 1.82) is 0 Å². The largest absolute Gasteiger partial charge is 0.306 e. The van der Waals surface area contributed by atoms with Crippen molar-refractivity contribution in [1.82, 2.24) is 5.32 Å². The standard InChI is InChI=1S/C17H22BrNS/c1-4-7-13-8-6-9-14(11-13)16(19-5-2)15-10-12(3)17(18)20-15/h6,8-11,16,19H,4-5,7H2,1-3H3. The molecule has 0 saturated carbocycles. The molecule has 0 radical (unpaired) electrons. The Balaban J connectivity index is 2.34. The van der Waals surface area contributed by atoms with Crippen molar-refractivity contribution >= 4 is 27.3 Å². The van der Waals surface area contributed by atoms with E-state index in [2.05, 4.69) is 72.3 Å². The minimum Gasteiger partial charge on any atom is -0.306 e. The van der Waals surface area contributed by atoms with Crippen LogP contribution in [-0.2, 0) is 6.42 Å². The SMILES string of the molecule is CCCc1cccc(C(NCC)c2cc(C)c(Br)s2)c1. The molecule has 0 aliphatic rings. The average molecular weight is 352 g/mol. The van der Waals surface area contributed by atoms with Gasteiger partial charge in [0.25, 0.3) is 0 Å². The van der Waals surface area contributed by atoms with Crippen LogP contribution < -0.4 is 5.32 Å². The first-order chi connectivity index (χ1) is 9.65. The molecule has 1 unspecified atom stereocenters. The van der Waals surface area contributed by atoms with Gasteiger partial charge < -0.3 is 5.32 Å². The Kier molecular flexibility index (Phi) is 5.82. The summed E-state index contributed by atoms with van der Waals surface area (Å²) in [5.74, 6) is 0. The summed E-state index contributed by atoms with van der Waals surface area (Å²) >= 11 is 5.47. The quantitative estimate of drug-likeness (QED) is 0.727. The van der Waals surface area contributed by atoms with E-state index in [1.807, 2.05) is 11.3 Å². The van der Waals surface area contributed by atoms with Crippen LogP contribution in [0.5, 0.6) is 0 Å². The highest BCUT2D eigenvalue weighted by Gasteiger charge is 2.16. The van der Waals surface area contributed by atoms with Crippen LogP contribution in [0.15, 0.2) is 34.1 Å². The van der Waals surface area contributed by atoms with E-state index in [0.29, 0.717) is 6.04 Å². The predicted molar refractivity (Wildman–Crippen MR) is 92.7 cm³/mol. The van der Waals surface area contributed by atoms with E-state index in [1.54, 1.807) is 0 Å². The highest BCUT2D eigenvalue weighted by atomic mass is 79.9. The highest BCUT2D eigenvalue weighted by Crippen LogP contribution is 2.34. The molecule has 108 valence electrons. The molecule has 0 aliphatic carbocycles. The van der Waals surface area contributed by atoms with Crippen molar-refractivity contribution in [3.05, 3.63) is 55.7 Å². The van der Waals surface area contributed by atoms with Gasteiger partial charge in [-0.15, -0.1) is 11.3 Å². The fourth-order valence-corrected chi connectivity index (χ4v) is 4.10. The minimum atomic E-state index is 0.298. The van der Waals surface area contributed by atoms with Crippen molar-refractivity contribution in [2.24, 2.45) is 0 Å². The van der Waals surface area contributed by atoms with Gasteiger partial charge in [-0.2, -0.15) is 0 Å². The molecule has 0 bridgehead atoms. The van der Waals surface area contributed by atoms with Gasteiger partial charge in [0.15, 0.2) is 0 Å². The van der Waals surface area contributed by atoms with Crippen LogP contribution in [0.2, 0.25) is 0 Å². The zero-order valence-electron chi connectivity index (χ0n) is 12.4. The van der Waals surface area contributed by atoms with Crippen LogP contribution in [0.3, 0.4) is 0 Å². The maximum absolute atomic E-state index is 3.64. The number of hydrogen-bond donors (Lipinski definition) is 1. The van der Waals surface area contributed by atoms with Crippen molar-refractivity contribution in [2.45, 2.75) is 39.7 Å². The molecule has 0 spiro atoms. The maximum Gasteiger partial charge on any atom is 0.0731 e. The smallest absolute Gasteiger partial charge is 0.0731 e. The molecule has 1 heterocycles. The van der Waals surface area contributed by atoms with E-state index in [1.165, 1.54) is 31.8 Å². The molecule has 1 nitrogen and oxygen atoms in total. The molecule has 1 N–H and O–H groups in total. The second-order valence-electron chi connectivity index (χ2n) is 5.09. The monoisotopic (exact) mass is 351 g/mol. The molecule has 2 aromatic rings. The van der Waals surface area contributed by atoms with Crippen molar-refractivity contribution < 1.29 is 0 Å². The number of nitrogens with one attached hydrogen (secondary N) is 1. The van der Waals surface area contributed by atoms with Crippen LogP contribution in [0, 0.1) is 6.92 Å². The van der Waals surface area contributed by atoms with E-state index in [0.717, 1.165) is 13.0 Å². The highest BCUT2D eigenvalue weighted by molar-refractivity contribution is 9.11. The molecule has 0 fully saturated rings. The third-order valence-corrected chi connectivity index (χ3v) is 5.59. The molecule has 1 atom stereocenters. The Bertz CT molecular complexity index is 542. The zero-order chi connectivity index (χ0) is 14.5. The summed E-state index contributed by atoms with van der Waals surface area (Å²) in [6.45, 7) is 7.52. The second-order valence-corrected chi connectivity index (χ2v) is 7.49. The van der Waals surface area contributed by atoms with Gasteiger partial charge in [-0.25, -0.2) is 0 Å². The molecule has 1 aromatic heterocycles. The topological polar surface area (TPSA) is 12.0 Å². The summed E-state index contributed by atoms with van der Waals surface area (Å²) < 4.78 is 1.24. The van der Waals surface area contributed by atoms with Crippen LogP contribution in [-0.4, -0.2) is 6.54 Å². The predicted octanol–water partition coefficient (Wildman–Crippen LogP) is 5.47. The lowest BCUT2D eigenvalue weighted by Gasteiger charge is -2.18. The number of benzene rings is 1. The Labute approximate surface area is 134 Å². The Morgan fingerprint density at radius 3 is 2.65 bits per heavy atom. The average Bonchev–Trinajstić information content (AvgIpc) is 2.76. The third kappa shape index (κ3) is 3.72. The van der Waals surface area contributed by atoms with Gasteiger partial charge in [0, 0.05) is 4.88 Å². The van der Waals surface area contributed by atoms with Gasteiger partial charge in [0.1, 0.15) is 0 Å². The van der Waals surface area contributed by atoms with Gasteiger partial charge >= 0.3 is 0 Å². The number of thiophene rings is 1. The zero-order valence-corrected chi connectivity index (χ0v) is 14.8. The summed E-state index contributed by atoms with van der Waals surface area (Å²) in [6.07, 6.45) is 2.35. The van der Waals surface area contributed by atoms with Crippen LogP contribution in [0.25, 0.3) is 0 Å². The summed E-state index contributed by atoms with van der Waals surface area (Å²) in [6, 6.07) is 11.6. The number of hydrogen-bond acceptors (Lipinski definition) is 2. The van der Waals surface area contributed by atoms with Crippen molar-refractivity contribution in [3.8, 4) is 0 Å². The summed E-state index contributed by atoms with van der Waals surface area (Å²) in [5, 5.41) is 3.61. The van der Waals surface area contributed by atoms with E-state index in [4.69, 9.17) is 0 Å². The maximum atomic E-state index is 3.64. The number of rotatable bonds is 6. The first-order valence-electron chi connectivity index (χ1n) is 7.23. The first-order valence-corrected chi connectivity index (χ1v) is 8.84. The molecule has 2 rings (SSSR count). The lowest BCUT2D eigenvalue weighted by atomic mass is 10.0. The molecule has 1 aromatic carbocycles. The van der Waals surface area contributed by atoms with E-state index in [9.17, 15) is 0 Å². The van der Waals surface area contributed by atoms with Crippen LogP contribution >= 0.6 is 27.3 Å². The lowest BCUT2D eigenvalue weighted by Crippen LogP contribution is -2.21. The third-order valence-electron chi connectivity index (χ3n) is 3.39. The molecule has 3 heteroatoms. The normalized spacial score (nSPS) is 12.6. The van der Waals surface area contributed by atoms with E-state index >= 15 is 0 Å². The second kappa shape index (κ2) is 7.39. The van der Waals surface area contributed by atoms with Crippen LogP contribution in [0.4, 0.5) is 0 Å². The Morgan fingerprint density at radius 2 is 2.05 bits per heavy atom. The van der Waals surface area contributed by atoms with Gasteiger partial charge in [0.2, 0.25) is 0 Å². The first kappa shape index (κ1) is 15.7. The molecule has 0 amide bonds. The van der Waals surface area contributed by atoms with Gasteiger partial charge in [-0.05, 0) is 58.6 Å². The molecule has 20 heavy (non-hydrogen) atoms. The minimum absolute atomic E-state index is 0.298. The Hall–Kier alpha value is -0.640. The molecular formula is C17H22BrNS. The lowest BCUT2D eigenvalue weighted by molar-refractivity contribution is 0.638. The fraction of sp³-hybridized carbons (Fsp3) is 0.412. The van der Waals surface area contributed by atoms with E-state index < -0.39 is 0 Å². The summed E-state index contributed by atoms with van der Waals surface area (Å²) in [7, 11) is 0. The molecular weight excluding hydrogens is 330 g/mol. The fourth-order valence-electron chi connectivity index (χ4n) is 2.43. The molecule has 0 aliphatic heterocycles. The summed E-state index contributed by atoms with van der Waals surface area (Å²) in [4.78, 5) is 1.38. The Morgan fingerprint density at radius 1 is 1.25 bits per heavy atom. The molecule has 0 saturated heterocycles. The number of halogens is 1. The van der Waals surface area contributed by atoms with Gasteiger partial charge in [-0.1, -0.05) is 44.5 Å². The van der Waals surface area contributed by atoms with Gasteiger partial charge in [-0.3, -0.25) is 0 Å².